The Bertz CT molecular complexity index is 341. The fourth-order valence-electron chi connectivity index (χ4n) is 0.704. The van der Waals surface area contributed by atoms with Gasteiger partial charge in [-0.15, -0.1) is 11.6 Å². The molecule has 0 saturated carbocycles. The van der Waals surface area contributed by atoms with E-state index in [1.54, 1.807) is 6.07 Å². The minimum absolute atomic E-state index is 0.336. The van der Waals surface area contributed by atoms with Crippen LogP contribution < -0.4 is 0 Å². The molecule has 0 radical (unpaired) electrons. The third kappa shape index (κ3) is 1.97. The van der Waals surface area contributed by atoms with Crippen molar-refractivity contribution in [3.05, 3.63) is 24.0 Å². The zero-order chi connectivity index (χ0) is 8.48. The van der Waals surface area contributed by atoms with Gasteiger partial charge in [0.1, 0.15) is 0 Å². The molecule has 0 aliphatic carbocycles. The van der Waals surface area contributed by atoms with Gasteiger partial charge in [-0.05, 0) is 11.6 Å². The zero-order valence-electron chi connectivity index (χ0n) is 5.99. The molecule has 5 heteroatoms. The monoisotopic (exact) mass is 193 g/mol. The lowest BCUT2D eigenvalue weighted by molar-refractivity contribution is 0.593. The highest BCUT2D eigenvalue weighted by Gasteiger charge is 2.03. The third-order valence-corrected chi connectivity index (χ3v) is 2.57. The predicted molar refractivity (Wildman–Crippen MR) is 44.2 cm³/mol. The van der Waals surface area contributed by atoms with Crippen LogP contribution in [0.2, 0.25) is 0 Å². The van der Waals surface area contributed by atoms with Crippen LogP contribution in [0, 0.1) is 0 Å². The maximum atomic E-state index is 10.9. The summed E-state index contributed by atoms with van der Waals surface area (Å²) in [5, 5.41) is 0. The zero-order valence-corrected chi connectivity index (χ0v) is 7.56. The van der Waals surface area contributed by atoms with Gasteiger partial charge >= 0.3 is 0 Å². The number of nitrogens with zero attached hydrogens (tertiary/aromatic N) is 1. The van der Waals surface area contributed by atoms with Gasteiger partial charge in [0.2, 0.25) is 10.0 Å². The minimum Gasteiger partial charge on any atom is -0.253 e. The fraction of sp³-hybridized carbons (Fsp3) is 0.333. The van der Waals surface area contributed by atoms with E-state index in [1.807, 2.05) is 0 Å². The van der Waals surface area contributed by atoms with Gasteiger partial charge in [0.15, 0.2) is 0 Å². The summed E-state index contributed by atoms with van der Waals surface area (Å²) in [7, 11) is -3.13. The maximum Gasteiger partial charge on any atom is 0.235 e. The molecule has 0 atom stereocenters. The highest BCUT2D eigenvalue weighted by molar-refractivity contribution is 7.89. The maximum absolute atomic E-state index is 10.9. The van der Waals surface area contributed by atoms with Crippen LogP contribution in [0.25, 0.3) is 0 Å². The topological polar surface area (TPSA) is 39.1 Å². The summed E-state index contributed by atoms with van der Waals surface area (Å²) in [6.07, 6.45) is 4.13. The first-order valence-electron chi connectivity index (χ1n) is 2.97. The van der Waals surface area contributed by atoms with Crippen molar-refractivity contribution >= 4 is 21.6 Å². The van der Waals surface area contributed by atoms with Gasteiger partial charge in [0, 0.05) is 18.3 Å². The molecule has 0 aromatic carbocycles. The van der Waals surface area contributed by atoms with E-state index >= 15 is 0 Å². The lowest BCUT2D eigenvalue weighted by atomic mass is 10.4. The first-order chi connectivity index (χ1) is 5.04. The van der Waals surface area contributed by atoms with Gasteiger partial charge < -0.3 is 0 Å². The van der Waals surface area contributed by atoms with E-state index in [0.717, 1.165) is 15.8 Å². The fourth-order valence-corrected chi connectivity index (χ4v) is 1.47. The van der Waals surface area contributed by atoms with Gasteiger partial charge in [-0.25, -0.2) is 8.42 Å². The Morgan fingerprint density at radius 1 is 1.64 bits per heavy atom. The molecule has 0 aliphatic rings. The summed E-state index contributed by atoms with van der Waals surface area (Å²) in [6, 6.07) is 1.67. The predicted octanol–water partition coefficient (Wildman–Crippen LogP) is 1.03. The summed E-state index contributed by atoms with van der Waals surface area (Å²) in [4.78, 5) is 0. The molecule has 1 aromatic heterocycles. The molecule has 0 amide bonds. The van der Waals surface area contributed by atoms with E-state index in [1.165, 1.54) is 12.4 Å². The standard InChI is InChI=1S/C6H8ClNO2S/c1-11(9,10)8-3-2-6(4-7)5-8/h2-3,5H,4H2,1H3. The Hall–Kier alpha value is -0.480. The first kappa shape index (κ1) is 8.62. The molecule has 0 spiro atoms. The van der Waals surface area contributed by atoms with Gasteiger partial charge in [0.05, 0.1) is 6.26 Å². The molecular weight excluding hydrogens is 186 g/mol. The molecule has 0 unspecified atom stereocenters. The van der Waals surface area contributed by atoms with Crippen LogP contribution in [0.3, 0.4) is 0 Å². The highest BCUT2D eigenvalue weighted by atomic mass is 35.5. The van der Waals surface area contributed by atoms with Crippen LogP contribution in [-0.2, 0) is 15.9 Å². The minimum atomic E-state index is -3.13. The van der Waals surface area contributed by atoms with Gasteiger partial charge in [-0.3, -0.25) is 3.97 Å². The Labute approximate surface area is 70.6 Å². The number of alkyl halides is 1. The van der Waals surface area contributed by atoms with Crippen molar-refractivity contribution in [1.82, 2.24) is 3.97 Å². The Morgan fingerprint density at radius 3 is 2.55 bits per heavy atom. The number of aromatic nitrogens is 1. The lowest BCUT2D eigenvalue weighted by Gasteiger charge is -1.95. The van der Waals surface area contributed by atoms with Crippen molar-refractivity contribution < 1.29 is 8.42 Å². The number of hydrogen-bond donors (Lipinski definition) is 0. The van der Waals surface area contributed by atoms with E-state index in [9.17, 15) is 8.42 Å². The van der Waals surface area contributed by atoms with Gasteiger partial charge in [0.25, 0.3) is 0 Å². The molecule has 11 heavy (non-hydrogen) atoms. The Morgan fingerprint density at radius 2 is 2.27 bits per heavy atom. The summed E-state index contributed by atoms with van der Waals surface area (Å²) in [5.74, 6) is 0.336. The quantitative estimate of drug-likeness (QED) is 0.659. The number of rotatable bonds is 2. The lowest BCUT2D eigenvalue weighted by Crippen LogP contribution is -2.06. The van der Waals surface area contributed by atoms with Crippen molar-refractivity contribution in [3.8, 4) is 0 Å². The molecule has 0 bridgehead atoms. The summed E-state index contributed by atoms with van der Waals surface area (Å²) in [5.41, 5.74) is 0.803. The van der Waals surface area contributed by atoms with Gasteiger partial charge in [-0.1, -0.05) is 0 Å². The molecule has 62 valence electrons. The van der Waals surface area contributed by atoms with Crippen LogP contribution in [-0.4, -0.2) is 18.6 Å². The SMILES string of the molecule is CS(=O)(=O)n1ccc(CCl)c1. The van der Waals surface area contributed by atoms with Crippen LogP contribution in [0.5, 0.6) is 0 Å². The summed E-state index contributed by atoms with van der Waals surface area (Å²) >= 11 is 5.48. The second kappa shape index (κ2) is 2.87. The number of hydrogen-bond acceptors (Lipinski definition) is 2. The number of halogens is 1. The molecule has 0 fully saturated rings. The van der Waals surface area contributed by atoms with Crippen molar-refractivity contribution in [2.75, 3.05) is 6.26 Å². The van der Waals surface area contributed by atoms with Crippen molar-refractivity contribution in [2.24, 2.45) is 0 Å². The second-order valence-corrected chi connectivity index (χ2v) is 4.40. The molecule has 1 rings (SSSR count). The van der Waals surface area contributed by atoms with E-state index in [4.69, 9.17) is 11.6 Å². The van der Waals surface area contributed by atoms with Crippen molar-refractivity contribution in [1.29, 1.82) is 0 Å². The Kier molecular flexibility index (Phi) is 2.25. The average Bonchev–Trinajstić information content (AvgIpc) is 2.32. The summed E-state index contributed by atoms with van der Waals surface area (Å²) in [6.45, 7) is 0. The largest absolute Gasteiger partial charge is 0.253 e. The smallest absolute Gasteiger partial charge is 0.235 e. The highest BCUT2D eigenvalue weighted by Crippen LogP contribution is 2.05. The van der Waals surface area contributed by atoms with E-state index in [2.05, 4.69) is 0 Å². The van der Waals surface area contributed by atoms with E-state index < -0.39 is 10.0 Å². The van der Waals surface area contributed by atoms with Crippen molar-refractivity contribution in [2.45, 2.75) is 5.88 Å². The third-order valence-electron chi connectivity index (χ3n) is 1.27. The average molecular weight is 194 g/mol. The molecule has 1 aromatic rings. The van der Waals surface area contributed by atoms with Crippen molar-refractivity contribution in [3.63, 3.8) is 0 Å². The normalized spacial score (nSPS) is 11.8. The van der Waals surface area contributed by atoms with Crippen LogP contribution in [0.1, 0.15) is 5.56 Å². The van der Waals surface area contributed by atoms with Crippen LogP contribution in [0.4, 0.5) is 0 Å². The second-order valence-electron chi connectivity index (χ2n) is 2.25. The Balaban J connectivity index is 3.09. The summed E-state index contributed by atoms with van der Waals surface area (Å²) < 4.78 is 22.9. The van der Waals surface area contributed by atoms with E-state index in [0.29, 0.717) is 5.88 Å². The van der Waals surface area contributed by atoms with Crippen LogP contribution in [0.15, 0.2) is 18.5 Å². The molecule has 0 aliphatic heterocycles. The first-order valence-corrected chi connectivity index (χ1v) is 5.35. The molecule has 0 saturated heterocycles. The molecule has 3 nitrogen and oxygen atoms in total. The molecule has 0 N–H and O–H groups in total. The van der Waals surface area contributed by atoms with E-state index in [-0.39, 0.29) is 0 Å². The van der Waals surface area contributed by atoms with Crippen LogP contribution >= 0.6 is 11.6 Å². The molecular formula is C6H8ClNO2S. The van der Waals surface area contributed by atoms with Gasteiger partial charge in [-0.2, -0.15) is 0 Å². The molecule has 1 heterocycles.